The maximum atomic E-state index is 13.0. The molecular formula is C20H18N8O8S3. The van der Waals surface area contributed by atoms with E-state index in [-0.39, 0.29) is 44.3 Å². The number of carbonyl (C=O) groups excluding carboxylic acids is 3. The molecule has 4 heterocycles. The van der Waals surface area contributed by atoms with Gasteiger partial charge in [-0.15, -0.1) is 35.7 Å². The van der Waals surface area contributed by atoms with E-state index in [1.807, 2.05) is 5.10 Å². The largest absolute Gasteiger partial charge is 0.477 e. The third kappa shape index (κ3) is 5.22. The number of thioether (sulfide) groups is 1. The number of hydrogen-bond acceptors (Lipinski definition) is 14. The van der Waals surface area contributed by atoms with Crippen molar-refractivity contribution < 1.29 is 29.1 Å². The van der Waals surface area contributed by atoms with Crippen molar-refractivity contribution in [1.82, 2.24) is 30.0 Å². The maximum absolute atomic E-state index is 13.0. The molecule has 4 rings (SSSR count). The molecule has 19 heteroatoms. The standard InChI is InChI=1S/C20H18N8O8S3/c1-36-26-10(8-6-39-20(21)22-8)14(30)23-11-16(32)28-12(19(34)35)7(5-38-18(11)28)4-9(37)13-24-25-15(31)17(33)27(13)2-3-29/h3-4,6,11,18,37H,2,5H2,1H3,(H2,21,22)(H,23,30)(H,25,31)(H,34,35). The zero-order valence-electron chi connectivity index (χ0n) is 19.7. The minimum absolute atomic E-state index is 0.0428. The third-order valence-corrected chi connectivity index (χ3v) is 7.71. The predicted octanol–water partition coefficient (Wildman–Crippen LogP) is -1.77. The Balaban J connectivity index is 1.62. The Labute approximate surface area is 231 Å². The molecule has 0 spiro atoms. The van der Waals surface area contributed by atoms with Crippen LogP contribution < -0.4 is 22.2 Å². The number of aldehydes is 1. The van der Waals surface area contributed by atoms with Crippen LogP contribution in [0.3, 0.4) is 0 Å². The SMILES string of the molecule is CON=C(C(=O)NC1C(=O)N2C(C(=O)O)=C(C=C(S)c3n[nH]c(=O)c(=O)n3CC=O)CSC12)c1csc(N)n1. The van der Waals surface area contributed by atoms with E-state index < -0.39 is 46.9 Å². The van der Waals surface area contributed by atoms with Gasteiger partial charge in [-0.1, -0.05) is 5.16 Å². The Morgan fingerprint density at radius 3 is 2.77 bits per heavy atom. The summed E-state index contributed by atoms with van der Waals surface area (Å²) in [7, 11) is 1.23. The van der Waals surface area contributed by atoms with Crippen LogP contribution in [0.1, 0.15) is 11.5 Å². The number of carbonyl (C=O) groups is 4. The molecule has 2 amide bonds. The number of H-pyrrole nitrogens is 1. The summed E-state index contributed by atoms with van der Waals surface area (Å²) in [6.45, 7) is -0.488. The minimum Gasteiger partial charge on any atom is -0.477 e. The predicted molar refractivity (Wildman–Crippen MR) is 142 cm³/mol. The summed E-state index contributed by atoms with van der Waals surface area (Å²) >= 11 is 6.52. The number of thiazole rings is 1. The van der Waals surface area contributed by atoms with E-state index in [1.165, 1.54) is 18.6 Å². The lowest BCUT2D eigenvalue weighted by Gasteiger charge is -2.49. The van der Waals surface area contributed by atoms with Crippen molar-refractivity contribution in [3.8, 4) is 0 Å². The van der Waals surface area contributed by atoms with Gasteiger partial charge in [0, 0.05) is 16.0 Å². The average molecular weight is 595 g/mol. The van der Waals surface area contributed by atoms with Gasteiger partial charge < -0.3 is 25.8 Å². The normalized spacial score (nSPS) is 19.3. The van der Waals surface area contributed by atoms with Gasteiger partial charge in [0.05, 0.1) is 6.54 Å². The van der Waals surface area contributed by atoms with Gasteiger partial charge in [0.25, 0.3) is 11.8 Å². The highest BCUT2D eigenvalue weighted by molar-refractivity contribution is 8.00. The fraction of sp³-hybridized carbons (Fsp3) is 0.250. The van der Waals surface area contributed by atoms with Gasteiger partial charge in [-0.3, -0.25) is 28.6 Å². The first-order valence-corrected chi connectivity index (χ1v) is 13.0. The Morgan fingerprint density at radius 2 is 2.15 bits per heavy atom. The van der Waals surface area contributed by atoms with Crippen LogP contribution in [-0.4, -0.2) is 83.8 Å². The van der Waals surface area contributed by atoms with Gasteiger partial charge in [-0.2, -0.15) is 5.10 Å². The first-order chi connectivity index (χ1) is 18.6. The van der Waals surface area contributed by atoms with Crippen LogP contribution in [0.4, 0.5) is 5.13 Å². The van der Waals surface area contributed by atoms with Gasteiger partial charge in [-0.05, 0) is 11.6 Å². The lowest BCUT2D eigenvalue weighted by molar-refractivity contribution is -0.150. The van der Waals surface area contributed by atoms with Crippen LogP contribution in [-0.2, 0) is 30.6 Å². The second-order valence-electron chi connectivity index (χ2n) is 7.72. The molecule has 2 aromatic rings. The number of anilines is 1. The third-order valence-electron chi connectivity index (χ3n) is 5.40. The molecule has 2 atom stereocenters. The molecule has 1 fully saturated rings. The molecule has 2 unspecified atom stereocenters. The minimum atomic E-state index is -1.43. The van der Waals surface area contributed by atoms with E-state index in [0.717, 1.165) is 32.6 Å². The van der Waals surface area contributed by atoms with E-state index >= 15 is 0 Å². The summed E-state index contributed by atoms with van der Waals surface area (Å²) in [6, 6.07) is -1.07. The van der Waals surface area contributed by atoms with E-state index in [1.54, 1.807) is 0 Å². The Bertz CT molecular complexity index is 1590. The molecule has 0 bridgehead atoms. The number of aliphatic carboxylic acids is 1. The highest BCUT2D eigenvalue weighted by atomic mass is 32.2. The van der Waals surface area contributed by atoms with E-state index in [4.69, 9.17) is 10.6 Å². The molecule has 0 aliphatic carbocycles. The van der Waals surface area contributed by atoms with Gasteiger partial charge in [0.1, 0.15) is 36.2 Å². The second kappa shape index (κ2) is 11.3. The van der Waals surface area contributed by atoms with Crippen molar-refractivity contribution >= 4 is 75.5 Å². The summed E-state index contributed by atoms with van der Waals surface area (Å²) in [4.78, 5) is 82.5. The summed E-state index contributed by atoms with van der Waals surface area (Å²) < 4.78 is 0.778. The summed E-state index contributed by atoms with van der Waals surface area (Å²) in [5.41, 5.74) is 3.21. The van der Waals surface area contributed by atoms with E-state index in [9.17, 15) is 33.9 Å². The number of carboxylic acid groups (broad SMARTS) is 1. The molecule has 0 saturated carbocycles. The molecule has 2 aliphatic heterocycles. The van der Waals surface area contributed by atoms with Crippen molar-refractivity contribution in [2.24, 2.45) is 5.16 Å². The number of nitrogens with zero attached hydrogens (tertiary/aromatic N) is 5. The van der Waals surface area contributed by atoms with Gasteiger partial charge >= 0.3 is 17.1 Å². The molecule has 2 aromatic heterocycles. The lowest BCUT2D eigenvalue weighted by atomic mass is 10.0. The number of fused-ring (bicyclic) bond motifs is 1. The number of rotatable bonds is 9. The molecule has 0 aromatic carbocycles. The van der Waals surface area contributed by atoms with Crippen molar-refractivity contribution in [3.63, 3.8) is 0 Å². The number of aromatic amines is 1. The van der Waals surface area contributed by atoms with Crippen molar-refractivity contribution in [2.45, 2.75) is 18.0 Å². The molecule has 204 valence electrons. The quantitative estimate of drug-likeness (QED) is 0.0542. The molecule has 1 saturated heterocycles. The van der Waals surface area contributed by atoms with Gasteiger partial charge in [0.2, 0.25) is 0 Å². The molecule has 16 nitrogen and oxygen atoms in total. The van der Waals surface area contributed by atoms with E-state index in [2.05, 4.69) is 33.2 Å². The number of thiol groups is 1. The number of nitrogens with two attached hydrogens (primary N) is 1. The van der Waals surface area contributed by atoms with Gasteiger partial charge in [-0.25, -0.2) is 14.9 Å². The Morgan fingerprint density at radius 1 is 1.41 bits per heavy atom. The van der Waals surface area contributed by atoms with Crippen molar-refractivity contribution in [3.05, 3.63) is 55.0 Å². The van der Waals surface area contributed by atoms with Crippen LogP contribution in [0.2, 0.25) is 0 Å². The number of allylic oxidation sites excluding steroid dienone is 1. The first-order valence-electron chi connectivity index (χ1n) is 10.7. The number of oxime groups is 1. The number of hydrogen-bond donors (Lipinski definition) is 5. The van der Waals surface area contributed by atoms with E-state index in [0.29, 0.717) is 6.29 Å². The number of β-lactam (4-membered cyclic amide) rings is 1. The van der Waals surface area contributed by atoms with Crippen LogP contribution in [0.25, 0.3) is 4.91 Å². The van der Waals surface area contributed by atoms with Crippen LogP contribution >= 0.6 is 35.7 Å². The highest BCUT2D eigenvalue weighted by Gasteiger charge is 2.54. The summed E-state index contributed by atoms with van der Waals surface area (Å²) in [5, 5.41) is 22.8. The molecule has 2 aliphatic rings. The van der Waals surface area contributed by atoms with Crippen molar-refractivity contribution in [2.75, 3.05) is 18.6 Å². The lowest BCUT2D eigenvalue weighted by Crippen LogP contribution is -2.71. The fourth-order valence-corrected chi connectivity index (χ4v) is 5.94. The maximum Gasteiger partial charge on any atom is 0.352 e. The van der Waals surface area contributed by atoms with Crippen molar-refractivity contribution in [1.29, 1.82) is 0 Å². The number of aromatic nitrogens is 4. The second-order valence-corrected chi connectivity index (χ2v) is 10.2. The first kappa shape index (κ1) is 27.8. The topological polar surface area (TPSA) is 232 Å². The monoisotopic (exact) mass is 594 g/mol. The molecular weight excluding hydrogens is 576 g/mol. The number of nitrogens with one attached hydrogen (secondary N) is 2. The number of amides is 2. The highest BCUT2D eigenvalue weighted by Crippen LogP contribution is 2.41. The Hall–Kier alpha value is -4.23. The van der Waals surface area contributed by atoms with Crippen LogP contribution in [0.5, 0.6) is 0 Å². The Kier molecular flexibility index (Phi) is 8.02. The van der Waals surface area contributed by atoms with Gasteiger partial charge in [0.15, 0.2) is 16.7 Å². The molecule has 0 radical (unpaired) electrons. The fourth-order valence-electron chi connectivity index (χ4n) is 3.76. The number of carboxylic acids is 1. The summed E-state index contributed by atoms with van der Waals surface area (Å²) in [6.07, 6.45) is 1.65. The zero-order valence-corrected chi connectivity index (χ0v) is 22.2. The average Bonchev–Trinajstić information content (AvgIpc) is 3.33. The smallest absolute Gasteiger partial charge is 0.352 e. The van der Waals surface area contributed by atoms with Crippen LogP contribution in [0.15, 0.2) is 37.5 Å². The zero-order chi connectivity index (χ0) is 28.4. The number of nitrogen functional groups attached to an aromatic ring is 1. The molecule has 39 heavy (non-hydrogen) atoms. The molecule has 5 N–H and O–H groups in total. The van der Waals surface area contributed by atoms with Crippen LogP contribution in [0, 0.1) is 0 Å². The summed E-state index contributed by atoms with van der Waals surface area (Å²) in [5.74, 6) is -3.02.